The van der Waals surface area contributed by atoms with Gasteiger partial charge in [-0.05, 0) is 92.7 Å². The predicted molar refractivity (Wildman–Crippen MR) is 255 cm³/mol. The van der Waals surface area contributed by atoms with Gasteiger partial charge in [0.1, 0.15) is 0 Å². The number of nitrogens with zero attached hydrogens (tertiary/aromatic N) is 2. The Balaban J connectivity index is 1.15. The number of fused-ring (bicyclic) bond motifs is 4. The highest BCUT2D eigenvalue weighted by atomic mass is 15.1. The van der Waals surface area contributed by atoms with E-state index in [4.69, 9.17) is 0 Å². The molecule has 0 saturated carbocycles. The zero-order chi connectivity index (χ0) is 39.8. The molecule has 0 N–H and O–H groups in total. The van der Waals surface area contributed by atoms with Gasteiger partial charge in [-0.15, -0.1) is 0 Å². The van der Waals surface area contributed by atoms with Gasteiger partial charge in [-0.2, -0.15) is 0 Å². The van der Waals surface area contributed by atoms with E-state index in [1.807, 2.05) is 0 Å². The molecule has 2 heteroatoms. The molecule has 0 aliphatic heterocycles. The normalized spacial score (nSPS) is 11.3. The monoisotopic (exact) mass is 764 g/mol. The van der Waals surface area contributed by atoms with Crippen molar-refractivity contribution in [3.8, 4) is 50.2 Å². The summed E-state index contributed by atoms with van der Waals surface area (Å²) in [6, 6.07) is 88.0. The largest absolute Gasteiger partial charge is 0.310 e. The van der Waals surface area contributed by atoms with Crippen LogP contribution in [0.1, 0.15) is 0 Å². The molecule has 2 nitrogen and oxygen atoms in total. The fraction of sp³-hybridized carbons (Fsp3) is 0. The maximum absolute atomic E-state index is 2.48. The lowest BCUT2D eigenvalue weighted by atomic mass is 9.93. The van der Waals surface area contributed by atoms with Crippen molar-refractivity contribution in [3.05, 3.63) is 243 Å². The third-order valence-corrected chi connectivity index (χ3v) is 11.8. The molecular weight excluding hydrogens is 725 g/mol. The number of rotatable bonds is 8. The lowest BCUT2D eigenvalue weighted by molar-refractivity contribution is 1.18. The molecule has 0 fully saturated rings. The molecule has 1 heterocycles. The Morgan fingerprint density at radius 1 is 0.300 bits per heavy atom. The highest BCUT2D eigenvalue weighted by Crippen LogP contribution is 2.45. The highest BCUT2D eigenvalue weighted by Gasteiger charge is 2.22. The summed E-state index contributed by atoms with van der Waals surface area (Å²) in [5, 5.41) is 4.92. The molecule has 11 rings (SSSR count). The molecule has 0 unspecified atom stereocenters. The standard InChI is InChI=1S/C58H40N2/c1-4-18-43(19-5-1)50-25-12-14-28-54(50)59(48-35-33-42(34-36-48)47-32-31-41-17-10-11-24-46(41)39-47)49-37-38-53-52-26-13-15-29-55(52)60(57(53)40-49)56-30-16-27-51(44-20-6-2-7-21-44)58(56)45-22-8-3-9-23-45/h1-40H. The van der Waals surface area contributed by atoms with Crippen LogP contribution in [-0.2, 0) is 0 Å². The van der Waals surface area contributed by atoms with Crippen LogP contribution in [-0.4, -0.2) is 4.57 Å². The SMILES string of the molecule is c1ccc(-c2ccccc2N(c2ccc(-c3ccc4ccccc4c3)cc2)c2ccc3c4ccccc4n(-c4cccc(-c5ccccc5)c4-c4ccccc4)c3c2)cc1. The number of hydrogen-bond acceptors (Lipinski definition) is 1. The average molecular weight is 765 g/mol. The Morgan fingerprint density at radius 2 is 0.867 bits per heavy atom. The summed E-state index contributed by atoms with van der Waals surface area (Å²) in [6.07, 6.45) is 0. The molecule has 0 aliphatic rings. The van der Waals surface area contributed by atoms with Gasteiger partial charge in [-0.1, -0.05) is 194 Å². The maximum Gasteiger partial charge on any atom is 0.0562 e. The van der Waals surface area contributed by atoms with Crippen LogP contribution in [0.15, 0.2) is 243 Å². The van der Waals surface area contributed by atoms with E-state index in [2.05, 4.69) is 252 Å². The Morgan fingerprint density at radius 3 is 1.63 bits per heavy atom. The van der Waals surface area contributed by atoms with E-state index in [-0.39, 0.29) is 0 Å². The second-order valence-electron chi connectivity index (χ2n) is 15.3. The fourth-order valence-corrected chi connectivity index (χ4v) is 8.98. The van der Waals surface area contributed by atoms with Crippen LogP contribution in [0, 0.1) is 0 Å². The quantitative estimate of drug-likeness (QED) is 0.150. The van der Waals surface area contributed by atoms with Crippen LogP contribution in [0.2, 0.25) is 0 Å². The smallest absolute Gasteiger partial charge is 0.0562 e. The first-order valence-electron chi connectivity index (χ1n) is 20.6. The van der Waals surface area contributed by atoms with E-state index in [9.17, 15) is 0 Å². The molecule has 10 aromatic carbocycles. The second-order valence-corrected chi connectivity index (χ2v) is 15.3. The molecule has 0 radical (unpaired) electrons. The number of aromatic nitrogens is 1. The summed E-state index contributed by atoms with van der Waals surface area (Å²) in [5.41, 5.74) is 16.2. The zero-order valence-electron chi connectivity index (χ0n) is 33.0. The summed E-state index contributed by atoms with van der Waals surface area (Å²) in [5.74, 6) is 0. The maximum atomic E-state index is 2.48. The Bertz CT molecular complexity index is 3290. The van der Waals surface area contributed by atoms with Gasteiger partial charge >= 0.3 is 0 Å². The van der Waals surface area contributed by atoms with Crippen LogP contribution in [0.25, 0.3) is 82.8 Å². The number of para-hydroxylation sites is 2. The second kappa shape index (κ2) is 15.1. The summed E-state index contributed by atoms with van der Waals surface area (Å²) < 4.78 is 2.48. The minimum absolute atomic E-state index is 1.08. The van der Waals surface area contributed by atoms with Crippen molar-refractivity contribution >= 4 is 49.6 Å². The fourth-order valence-electron chi connectivity index (χ4n) is 8.98. The summed E-state index contributed by atoms with van der Waals surface area (Å²) in [6.45, 7) is 0. The minimum atomic E-state index is 1.08. The summed E-state index contributed by atoms with van der Waals surface area (Å²) >= 11 is 0. The lowest BCUT2D eigenvalue weighted by Gasteiger charge is -2.28. The third kappa shape index (κ3) is 6.23. The van der Waals surface area contributed by atoms with Gasteiger partial charge in [0.15, 0.2) is 0 Å². The molecule has 0 amide bonds. The van der Waals surface area contributed by atoms with Crippen molar-refractivity contribution in [2.45, 2.75) is 0 Å². The van der Waals surface area contributed by atoms with Crippen molar-refractivity contribution in [2.24, 2.45) is 0 Å². The molecule has 11 aromatic rings. The topological polar surface area (TPSA) is 8.17 Å². The molecular formula is C58H40N2. The van der Waals surface area contributed by atoms with Crippen molar-refractivity contribution in [1.82, 2.24) is 4.57 Å². The van der Waals surface area contributed by atoms with Crippen LogP contribution >= 0.6 is 0 Å². The van der Waals surface area contributed by atoms with Gasteiger partial charge in [0.05, 0.1) is 22.4 Å². The van der Waals surface area contributed by atoms with E-state index in [0.29, 0.717) is 0 Å². The molecule has 0 bridgehead atoms. The molecule has 282 valence electrons. The zero-order valence-corrected chi connectivity index (χ0v) is 33.0. The van der Waals surface area contributed by atoms with Gasteiger partial charge in [0.25, 0.3) is 0 Å². The molecule has 0 aliphatic carbocycles. The van der Waals surface area contributed by atoms with Gasteiger partial charge in [0, 0.05) is 33.3 Å². The molecule has 1 aromatic heterocycles. The summed E-state index contributed by atoms with van der Waals surface area (Å²) in [4.78, 5) is 2.42. The van der Waals surface area contributed by atoms with Gasteiger partial charge in [-0.25, -0.2) is 0 Å². The van der Waals surface area contributed by atoms with E-state index in [0.717, 1.165) is 28.3 Å². The number of anilines is 3. The summed E-state index contributed by atoms with van der Waals surface area (Å²) in [7, 11) is 0. The van der Waals surface area contributed by atoms with Crippen LogP contribution < -0.4 is 4.90 Å². The van der Waals surface area contributed by atoms with Gasteiger partial charge in [-0.3, -0.25) is 0 Å². The van der Waals surface area contributed by atoms with Gasteiger partial charge < -0.3 is 9.47 Å². The van der Waals surface area contributed by atoms with Crippen LogP contribution in [0.5, 0.6) is 0 Å². The predicted octanol–water partition coefficient (Wildman–Crippen LogP) is 16.1. The van der Waals surface area contributed by atoms with Crippen LogP contribution in [0.4, 0.5) is 17.1 Å². The first-order chi connectivity index (χ1) is 29.8. The highest BCUT2D eigenvalue weighted by molar-refractivity contribution is 6.11. The number of benzene rings is 10. The van der Waals surface area contributed by atoms with Gasteiger partial charge in [0.2, 0.25) is 0 Å². The van der Waals surface area contributed by atoms with E-state index in [1.54, 1.807) is 0 Å². The van der Waals surface area contributed by atoms with E-state index in [1.165, 1.54) is 71.6 Å². The Hall–Kier alpha value is -7.94. The van der Waals surface area contributed by atoms with Crippen molar-refractivity contribution in [2.75, 3.05) is 4.90 Å². The van der Waals surface area contributed by atoms with Crippen LogP contribution in [0.3, 0.4) is 0 Å². The first kappa shape index (κ1) is 35.2. The Kier molecular flexibility index (Phi) is 8.87. The van der Waals surface area contributed by atoms with Crippen molar-refractivity contribution in [3.63, 3.8) is 0 Å². The molecule has 0 saturated heterocycles. The van der Waals surface area contributed by atoms with Crippen molar-refractivity contribution in [1.29, 1.82) is 0 Å². The minimum Gasteiger partial charge on any atom is -0.310 e. The average Bonchev–Trinajstić information content (AvgIpc) is 3.66. The third-order valence-electron chi connectivity index (χ3n) is 11.8. The van der Waals surface area contributed by atoms with Crippen molar-refractivity contribution < 1.29 is 0 Å². The Labute approximate surface area is 350 Å². The number of hydrogen-bond donors (Lipinski definition) is 0. The first-order valence-corrected chi connectivity index (χ1v) is 20.6. The van der Waals surface area contributed by atoms with E-state index >= 15 is 0 Å². The molecule has 0 atom stereocenters. The van der Waals surface area contributed by atoms with E-state index < -0.39 is 0 Å². The lowest BCUT2D eigenvalue weighted by Crippen LogP contribution is -2.11. The molecule has 60 heavy (non-hydrogen) atoms. The molecule has 0 spiro atoms.